The van der Waals surface area contributed by atoms with E-state index >= 15 is 0 Å². The predicted octanol–water partition coefficient (Wildman–Crippen LogP) is 3.95. The van der Waals surface area contributed by atoms with Crippen molar-refractivity contribution in [3.63, 3.8) is 0 Å². The third kappa shape index (κ3) is 3.81. The van der Waals surface area contributed by atoms with Crippen molar-refractivity contribution in [2.45, 2.75) is 38.2 Å². The van der Waals surface area contributed by atoms with E-state index in [1.807, 2.05) is 18.2 Å². The van der Waals surface area contributed by atoms with Crippen LogP contribution in [0.2, 0.25) is 0 Å². The number of ketones is 1. The maximum absolute atomic E-state index is 13.3. The van der Waals surface area contributed by atoms with Crippen LogP contribution in [0.15, 0.2) is 42.5 Å². The molecule has 0 amide bonds. The van der Waals surface area contributed by atoms with Crippen molar-refractivity contribution >= 4 is 5.78 Å². The van der Waals surface area contributed by atoms with Crippen molar-refractivity contribution in [3.05, 3.63) is 65.0 Å². The van der Waals surface area contributed by atoms with Gasteiger partial charge in [-0.2, -0.15) is 0 Å². The number of aryl methyl sites for hydroxylation is 1. The van der Waals surface area contributed by atoms with Crippen LogP contribution < -0.4 is 4.74 Å². The lowest BCUT2D eigenvalue weighted by atomic mass is 9.71. The van der Waals surface area contributed by atoms with E-state index in [0.717, 1.165) is 29.5 Å². The summed E-state index contributed by atoms with van der Waals surface area (Å²) in [5.74, 6) is 0.594. The van der Waals surface area contributed by atoms with Crippen molar-refractivity contribution in [2.24, 2.45) is 5.41 Å². The summed E-state index contributed by atoms with van der Waals surface area (Å²) in [5.41, 5.74) is 1.27. The minimum Gasteiger partial charge on any atom is -0.497 e. The number of halogens is 1. The molecule has 0 saturated carbocycles. The lowest BCUT2D eigenvalue weighted by Crippen LogP contribution is -2.49. The van der Waals surface area contributed by atoms with E-state index < -0.39 is 11.0 Å². The first-order valence-corrected chi connectivity index (χ1v) is 10.3. The van der Waals surface area contributed by atoms with Crippen LogP contribution in [-0.4, -0.2) is 42.5 Å². The Labute approximate surface area is 171 Å². The van der Waals surface area contributed by atoms with E-state index in [1.165, 1.54) is 12.1 Å². The number of carbonyl (C=O) groups is 1. The Hall–Kier alpha value is -2.24. The fourth-order valence-corrected chi connectivity index (χ4v) is 4.74. The van der Waals surface area contributed by atoms with Gasteiger partial charge in [0.05, 0.1) is 12.7 Å². The Bertz CT molecular complexity index is 903. The molecule has 2 aromatic carbocycles. The van der Waals surface area contributed by atoms with Gasteiger partial charge in [-0.3, -0.25) is 4.79 Å². The van der Waals surface area contributed by atoms with Gasteiger partial charge in [-0.1, -0.05) is 25.1 Å². The van der Waals surface area contributed by atoms with Gasteiger partial charge >= 0.3 is 0 Å². The summed E-state index contributed by atoms with van der Waals surface area (Å²) in [6.07, 6.45) is 2.86. The Kier molecular flexibility index (Phi) is 5.21. The molecule has 0 radical (unpaired) electrons. The van der Waals surface area contributed by atoms with Gasteiger partial charge in [0.2, 0.25) is 0 Å². The Morgan fingerprint density at radius 2 is 1.79 bits per heavy atom. The van der Waals surface area contributed by atoms with Crippen LogP contribution in [0.1, 0.15) is 47.7 Å². The molecule has 0 aromatic heterocycles. The fraction of sp³-hybridized carbons (Fsp3) is 0.458. The molecule has 1 fully saturated rings. The van der Waals surface area contributed by atoms with Crippen LogP contribution in [0.4, 0.5) is 4.39 Å². The summed E-state index contributed by atoms with van der Waals surface area (Å²) in [7, 11) is 1.62. The first-order chi connectivity index (χ1) is 13.8. The molecule has 4 nitrogen and oxygen atoms in total. The molecule has 1 saturated heterocycles. The fourth-order valence-electron chi connectivity index (χ4n) is 4.74. The largest absolute Gasteiger partial charge is 0.497 e. The molecule has 1 unspecified atom stereocenters. The van der Waals surface area contributed by atoms with Gasteiger partial charge in [0, 0.05) is 30.6 Å². The van der Waals surface area contributed by atoms with Crippen molar-refractivity contribution in [1.29, 1.82) is 0 Å². The summed E-state index contributed by atoms with van der Waals surface area (Å²) >= 11 is 0. The number of rotatable bonds is 4. The molecular formula is C24H28FNO3. The van der Waals surface area contributed by atoms with Crippen LogP contribution in [-0.2, 0) is 12.0 Å². The molecule has 0 bridgehead atoms. The molecule has 2 aliphatic rings. The van der Waals surface area contributed by atoms with Crippen molar-refractivity contribution in [3.8, 4) is 5.75 Å². The number of piperidine rings is 1. The average molecular weight is 397 g/mol. The van der Waals surface area contributed by atoms with Gasteiger partial charge in [-0.25, -0.2) is 4.39 Å². The van der Waals surface area contributed by atoms with Crippen LogP contribution >= 0.6 is 0 Å². The van der Waals surface area contributed by atoms with Crippen LogP contribution in [0.3, 0.4) is 0 Å². The molecule has 5 heteroatoms. The smallest absolute Gasteiger partial charge is 0.170 e. The van der Waals surface area contributed by atoms with E-state index in [2.05, 4.69) is 11.8 Å². The number of nitrogens with zero attached hydrogens (tertiary/aromatic N) is 1. The summed E-state index contributed by atoms with van der Waals surface area (Å²) in [6.45, 7) is 4.16. The summed E-state index contributed by atoms with van der Waals surface area (Å²) < 4.78 is 18.5. The second-order valence-electron chi connectivity index (χ2n) is 8.73. The van der Waals surface area contributed by atoms with E-state index in [0.29, 0.717) is 38.2 Å². The zero-order valence-corrected chi connectivity index (χ0v) is 17.1. The lowest BCUT2D eigenvalue weighted by Gasteiger charge is -2.43. The highest BCUT2D eigenvalue weighted by molar-refractivity contribution is 6.03. The van der Waals surface area contributed by atoms with Crippen molar-refractivity contribution in [2.75, 3.05) is 26.7 Å². The normalized spacial score (nSPS) is 24.2. The van der Waals surface area contributed by atoms with E-state index in [1.54, 1.807) is 19.2 Å². The van der Waals surface area contributed by atoms with Gasteiger partial charge in [0.25, 0.3) is 0 Å². The lowest BCUT2D eigenvalue weighted by molar-refractivity contribution is -0.0327. The number of likely N-dealkylation sites (tertiary alicyclic amines) is 1. The summed E-state index contributed by atoms with van der Waals surface area (Å²) in [4.78, 5) is 15.6. The highest BCUT2D eigenvalue weighted by Gasteiger charge is 2.42. The Balaban J connectivity index is 1.45. The van der Waals surface area contributed by atoms with Gasteiger partial charge in [0.15, 0.2) is 5.78 Å². The monoisotopic (exact) mass is 397 g/mol. The van der Waals surface area contributed by atoms with Gasteiger partial charge in [0.1, 0.15) is 11.6 Å². The molecule has 1 atom stereocenters. The third-order valence-electron chi connectivity index (χ3n) is 6.69. The number of aliphatic hydroxyl groups is 1. The Morgan fingerprint density at radius 1 is 1.10 bits per heavy atom. The van der Waals surface area contributed by atoms with Crippen LogP contribution in [0, 0.1) is 11.2 Å². The summed E-state index contributed by atoms with van der Waals surface area (Å²) in [5, 5.41) is 11.0. The maximum Gasteiger partial charge on any atom is 0.170 e. The maximum atomic E-state index is 13.3. The number of hydrogen-bond donors (Lipinski definition) is 1. The third-order valence-corrected chi connectivity index (χ3v) is 6.69. The molecule has 0 spiro atoms. The second kappa shape index (κ2) is 7.54. The molecule has 29 heavy (non-hydrogen) atoms. The molecule has 1 aliphatic heterocycles. The zero-order chi connectivity index (χ0) is 20.6. The predicted molar refractivity (Wildman–Crippen MR) is 110 cm³/mol. The number of hydrogen-bond acceptors (Lipinski definition) is 4. The standard InChI is InChI=1S/C24H28FNO3/c1-23(10-9-17-3-8-20(29-2)15-21(17)22(23)27)16-26-13-11-24(28,12-14-26)18-4-6-19(25)7-5-18/h3-8,15,28H,9-14,16H2,1-2H3. The number of fused-ring (bicyclic) bond motifs is 1. The molecule has 2 aromatic rings. The van der Waals surface area contributed by atoms with Crippen molar-refractivity contribution < 1.29 is 19.0 Å². The molecule has 154 valence electrons. The van der Waals surface area contributed by atoms with Crippen molar-refractivity contribution in [1.82, 2.24) is 4.90 Å². The number of methoxy groups -OCH3 is 1. The Morgan fingerprint density at radius 3 is 2.45 bits per heavy atom. The van der Waals surface area contributed by atoms with E-state index in [4.69, 9.17) is 4.74 Å². The number of carbonyl (C=O) groups excluding carboxylic acids is 1. The minimum atomic E-state index is -0.929. The SMILES string of the molecule is COc1ccc2c(c1)C(=O)C(C)(CN1CCC(O)(c3ccc(F)cc3)CC1)CC2. The molecule has 1 aliphatic carbocycles. The van der Waals surface area contributed by atoms with Gasteiger partial charge in [-0.15, -0.1) is 0 Å². The molecule has 1 N–H and O–H groups in total. The number of ether oxygens (including phenoxy) is 1. The quantitative estimate of drug-likeness (QED) is 0.849. The van der Waals surface area contributed by atoms with Crippen LogP contribution in [0.5, 0.6) is 5.75 Å². The molecular weight excluding hydrogens is 369 g/mol. The molecule has 1 heterocycles. The summed E-state index contributed by atoms with van der Waals surface area (Å²) in [6, 6.07) is 11.9. The van der Waals surface area contributed by atoms with Gasteiger partial charge in [-0.05, 0) is 61.1 Å². The van der Waals surface area contributed by atoms with E-state index in [9.17, 15) is 14.3 Å². The number of Topliss-reactive ketones (excluding diaryl/α,β-unsaturated/α-hetero) is 1. The number of benzene rings is 2. The average Bonchev–Trinajstić information content (AvgIpc) is 2.73. The topological polar surface area (TPSA) is 49.8 Å². The minimum absolute atomic E-state index is 0.178. The highest BCUT2D eigenvalue weighted by Crippen LogP contribution is 2.39. The van der Waals surface area contributed by atoms with E-state index in [-0.39, 0.29) is 11.6 Å². The molecule has 4 rings (SSSR count). The second-order valence-corrected chi connectivity index (χ2v) is 8.73. The first-order valence-electron chi connectivity index (χ1n) is 10.3. The zero-order valence-electron chi connectivity index (χ0n) is 17.1. The first kappa shape index (κ1) is 20.0. The van der Waals surface area contributed by atoms with Crippen LogP contribution in [0.25, 0.3) is 0 Å². The highest BCUT2D eigenvalue weighted by atomic mass is 19.1. The van der Waals surface area contributed by atoms with Gasteiger partial charge < -0.3 is 14.7 Å².